The van der Waals surface area contributed by atoms with Crippen LogP contribution in [0.4, 0.5) is 0 Å². The SMILES string of the molecule is CCCC(NCCCN)C(=O)O. The molecule has 0 fully saturated rings. The number of hydrogen-bond donors (Lipinski definition) is 3. The minimum Gasteiger partial charge on any atom is -0.480 e. The molecule has 0 radical (unpaired) electrons. The van der Waals surface area contributed by atoms with Gasteiger partial charge in [-0.1, -0.05) is 13.3 Å². The second kappa shape index (κ2) is 7.06. The number of hydrogen-bond acceptors (Lipinski definition) is 3. The second-order valence-electron chi connectivity index (χ2n) is 2.78. The zero-order chi connectivity index (χ0) is 9.40. The van der Waals surface area contributed by atoms with Gasteiger partial charge in [0.05, 0.1) is 0 Å². The molecule has 72 valence electrons. The molecule has 0 saturated heterocycles. The highest BCUT2D eigenvalue weighted by atomic mass is 16.4. The lowest BCUT2D eigenvalue weighted by molar-refractivity contribution is -0.139. The number of carboxylic acid groups (broad SMARTS) is 1. The number of nitrogens with two attached hydrogens (primary N) is 1. The summed E-state index contributed by atoms with van der Waals surface area (Å²) < 4.78 is 0. The van der Waals surface area contributed by atoms with Gasteiger partial charge in [-0.05, 0) is 25.9 Å². The molecule has 0 aromatic rings. The van der Waals surface area contributed by atoms with E-state index in [0.29, 0.717) is 19.5 Å². The Labute approximate surface area is 73.1 Å². The van der Waals surface area contributed by atoms with Crippen LogP contribution in [0.15, 0.2) is 0 Å². The third kappa shape index (κ3) is 5.09. The molecule has 0 aromatic heterocycles. The van der Waals surface area contributed by atoms with Crippen molar-refractivity contribution in [2.75, 3.05) is 13.1 Å². The smallest absolute Gasteiger partial charge is 0.320 e. The van der Waals surface area contributed by atoms with Gasteiger partial charge in [0.25, 0.3) is 0 Å². The van der Waals surface area contributed by atoms with E-state index in [9.17, 15) is 4.79 Å². The first-order chi connectivity index (χ1) is 5.72. The molecule has 0 bridgehead atoms. The third-order valence-corrected chi connectivity index (χ3v) is 1.65. The van der Waals surface area contributed by atoms with E-state index < -0.39 is 12.0 Å². The molecule has 0 aromatic carbocycles. The Morgan fingerprint density at radius 1 is 1.67 bits per heavy atom. The van der Waals surface area contributed by atoms with Crippen LogP contribution in [0.5, 0.6) is 0 Å². The van der Waals surface area contributed by atoms with E-state index in [-0.39, 0.29) is 0 Å². The highest BCUT2D eigenvalue weighted by Gasteiger charge is 2.13. The quantitative estimate of drug-likeness (QED) is 0.481. The summed E-state index contributed by atoms with van der Waals surface area (Å²) in [5, 5.41) is 11.7. The van der Waals surface area contributed by atoms with Crippen molar-refractivity contribution >= 4 is 5.97 Å². The van der Waals surface area contributed by atoms with Crippen molar-refractivity contribution < 1.29 is 9.90 Å². The van der Waals surface area contributed by atoms with Crippen molar-refractivity contribution in [3.05, 3.63) is 0 Å². The highest BCUT2D eigenvalue weighted by molar-refractivity contribution is 5.73. The van der Waals surface area contributed by atoms with Gasteiger partial charge in [0.15, 0.2) is 0 Å². The lowest BCUT2D eigenvalue weighted by Crippen LogP contribution is -2.37. The van der Waals surface area contributed by atoms with E-state index in [2.05, 4.69) is 5.32 Å². The Hall–Kier alpha value is -0.610. The molecule has 0 heterocycles. The first-order valence-electron chi connectivity index (χ1n) is 4.38. The van der Waals surface area contributed by atoms with Gasteiger partial charge >= 0.3 is 5.97 Å². The molecule has 0 saturated carbocycles. The van der Waals surface area contributed by atoms with Crippen molar-refractivity contribution in [2.45, 2.75) is 32.2 Å². The molecule has 4 heteroatoms. The molecule has 0 amide bonds. The van der Waals surface area contributed by atoms with Gasteiger partial charge in [0, 0.05) is 0 Å². The molecule has 1 atom stereocenters. The minimum atomic E-state index is -0.770. The highest BCUT2D eigenvalue weighted by Crippen LogP contribution is 1.96. The summed E-state index contributed by atoms with van der Waals surface area (Å²) >= 11 is 0. The van der Waals surface area contributed by atoms with Crippen LogP contribution in [0.3, 0.4) is 0 Å². The van der Waals surface area contributed by atoms with E-state index >= 15 is 0 Å². The molecular weight excluding hydrogens is 156 g/mol. The van der Waals surface area contributed by atoms with Gasteiger partial charge in [0.2, 0.25) is 0 Å². The first-order valence-corrected chi connectivity index (χ1v) is 4.38. The lowest BCUT2D eigenvalue weighted by atomic mass is 10.1. The van der Waals surface area contributed by atoms with Crippen molar-refractivity contribution in [2.24, 2.45) is 5.73 Å². The molecule has 0 rings (SSSR count). The van der Waals surface area contributed by atoms with E-state index in [1.165, 1.54) is 0 Å². The molecule has 0 aliphatic rings. The van der Waals surface area contributed by atoms with Crippen LogP contribution in [0.2, 0.25) is 0 Å². The van der Waals surface area contributed by atoms with E-state index in [1.54, 1.807) is 0 Å². The molecule has 0 spiro atoms. The average molecular weight is 174 g/mol. The zero-order valence-corrected chi connectivity index (χ0v) is 7.55. The standard InChI is InChI=1S/C8H18N2O2/c1-2-4-7(8(11)12)10-6-3-5-9/h7,10H,2-6,9H2,1H3,(H,11,12). The van der Waals surface area contributed by atoms with Crippen molar-refractivity contribution in [3.63, 3.8) is 0 Å². The Morgan fingerprint density at radius 2 is 2.33 bits per heavy atom. The number of nitrogens with one attached hydrogen (secondary N) is 1. The summed E-state index contributed by atoms with van der Waals surface area (Å²) in [6, 6.07) is -0.401. The molecule has 4 nitrogen and oxygen atoms in total. The summed E-state index contributed by atoms with van der Waals surface area (Å²) in [5.74, 6) is -0.770. The van der Waals surface area contributed by atoms with Crippen molar-refractivity contribution in [1.29, 1.82) is 0 Å². The molecule has 12 heavy (non-hydrogen) atoms. The van der Waals surface area contributed by atoms with Gasteiger partial charge in [-0.15, -0.1) is 0 Å². The number of aliphatic carboxylic acids is 1. The maximum absolute atomic E-state index is 10.6. The fourth-order valence-electron chi connectivity index (χ4n) is 0.980. The molecule has 1 unspecified atom stereocenters. The zero-order valence-electron chi connectivity index (χ0n) is 7.55. The van der Waals surface area contributed by atoms with Crippen LogP contribution in [0.25, 0.3) is 0 Å². The second-order valence-corrected chi connectivity index (χ2v) is 2.78. The largest absolute Gasteiger partial charge is 0.480 e. The first kappa shape index (κ1) is 11.4. The Morgan fingerprint density at radius 3 is 2.75 bits per heavy atom. The summed E-state index contributed by atoms with van der Waals surface area (Å²) in [5.41, 5.74) is 5.28. The van der Waals surface area contributed by atoms with Gasteiger partial charge in [-0.2, -0.15) is 0 Å². The van der Waals surface area contributed by atoms with Crippen LogP contribution in [-0.4, -0.2) is 30.2 Å². The van der Waals surface area contributed by atoms with Gasteiger partial charge in [-0.25, -0.2) is 0 Å². The summed E-state index contributed by atoms with van der Waals surface area (Å²) in [7, 11) is 0. The van der Waals surface area contributed by atoms with E-state index in [0.717, 1.165) is 12.8 Å². The Bertz CT molecular complexity index is 128. The predicted octanol–water partition coefficient (Wildman–Crippen LogP) is 0.178. The summed E-state index contributed by atoms with van der Waals surface area (Å²) in [6.45, 7) is 3.26. The van der Waals surface area contributed by atoms with Gasteiger partial charge in [0.1, 0.15) is 6.04 Å². The number of carboxylic acids is 1. The van der Waals surface area contributed by atoms with Crippen molar-refractivity contribution in [1.82, 2.24) is 5.32 Å². The Balaban J connectivity index is 3.56. The van der Waals surface area contributed by atoms with Crippen molar-refractivity contribution in [3.8, 4) is 0 Å². The molecule has 0 aliphatic carbocycles. The topological polar surface area (TPSA) is 75.3 Å². The summed E-state index contributed by atoms with van der Waals surface area (Å²) in [6.07, 6.45) is 2.39. The monoisotopic (exact) mass is 174 g/mol. The molecule has 0 aliphatic heterocycles. The third-order valence-electron chi connectivity index (χ3n) is 1.65. The van der Waals surface area contributed by atoms with Crippen LogP contribution >= 0.6 is 0 Å². The fraction of sp³-hybridized carbons (Fsp3) is 0.875. The van der Waals surface area contributed by atoms with Gasteiger partial charge in [-0.3, -0.25) is 4.79 Å². The number of carbonyl (C=O) groups is 1. The number of rotatable bonds is 7. The predicted molar refractivity (Wildman–Crippen MR) is 48.0 cm³/mol. The van der Waals surface area contributed by atoms with E-state index in [1.807, 2.05) is 6.92 Å². The van der Waals surface area contributed by atoms with Crippen LogP contribution in [-0.2, 0) is 4.79 Å². The summed E-state index contributed by atoms with van der Waals surface area (Å²) in [4.78, 5) is 10.6. The maximum atomic E-state index is 10.6. The average Bonchev–Trinajstić information content (AvgIpc) is 2.03. The van der Waals surface area contributed by atoms with Crippen LogP contribution in [0.1, 0.15) is 26.2 Å². The van der Waals surface area contributed by atoms with Gasteiger partial charge < -0.3 is 16.2 Å². The maximum Gasteiger partial charge on any atom is 0.320 e. The minimum absolute atomic E-state index is 0.401. The normalized spacial score (nSPS) is 12.8. The molecular formula is C8H18N2O2. The van der Waals surface area contributed by atoms with Crippen LogP contribution < -0.4 is 11.1 Å². The fourth-order valence-corrected chi connectivity index (χ4v) is 0.980. The molecule has 4 N–H and O–H groups in total. The van der Waals surface area contributed by atoms with E-state index in [4.69, 9.17) is 10.8 Å². The van der Waals surface area contributed by atoms with Crippen LogP contribution in [0, 0.1) is 0 Å². The Kier molecular flexibility index (Phi) is 6.70. The lowest BCUT2D eigenvalue weighted by Gasteiger charge is -2.12.